The molecule has 0 amide bonds. The topological polar surface area (TPSA) is 97.0 Å². The van der Waals surface area contributed by atoms with E-state index in [0.717, 1.165) is 0 Å². The lowest BCUT2D eigenvalue weighted by Gasteiger charge is -2.09. The molecule has 0 aliphatic carbocycles. The molecule has 1 aromatic heterocycles. The van der Waals surface area contributed by atoms with Gasteiger partial charge in [0.25, 0.3) is 0 Å². The Morgan fingerprint density at radius 3 is 2.55 bits per heavy atom. The minimum absolute atomic E-state index is 0.00241. The zero-order valence-corrected chi connectivity index (χ0v) is 11.4. The van der Waals surface area contributed by atoms with Crippen LogP contribution >= 0.6 is 0 Å². The smallest absolute Gasteiger partial charge is 0.341 e. The maximum atomic E-state index is 12.3. The summed E-state index contributed by atoms with van der Waals surface area (Å²) >= 11 is 0. The molecular formula is C13H15NO6. The molecule has 1 heterocycles. The molecule has 0 aromatic carbocycles. The number of hydrogen-bond donors (Lipinski definition) is 1. The number of carbonyl (C=O) groups excluding carboxylic acids is 2. The molecule has 0 aliphatic rings. The molecule has 0 radical (unpaired) electrons. The van der Waals surface area contributed by atoms with Gasteiger partial charge in [-0.15, -0.1) is 0 Å². The summed E-state index contributed by atoms with van der Waals surface area (Å²) < 4.78 is 9.52. The molecule has 0 saturated carbocycles. The molecule has 1 N–H and O–H groups in total. The summed E-state index contributed by atoms with van der Waals surface area (Å²) in [5.74, 6) is -2.77. The average Bonchev–Trinajstić information content (AvgIpc) is 2.84. The highest BCUT2D eigenvalue weighted by atomic mass is 16.5. The zero-order chi connectivity index (χ0) is 15.3. The maximum Gasteiger partial charge on any atom is 0.341 e. The first-order valence-electron chi connectivity index (χ1n) is 5.66. The van der Waals surface area contributed by atoms with Crippen molar-refractivity contribution in [3.8, 4) is 0 Å². The Bertz CT molecular complexity index is 555. The third kappa shape index (κ3) is 3.71. The van der Waals surface area contributed by atoms with Gasteiger partial charge in [-0.25, -0.2) is 4.79 Å². The van der Waals surface area contributed by atoms with Gasteiger partial charge >= 0.3 is 11.9 Å². The molecule has 108 valence electrons. The molecule has 0 spiro atoms. The minimum atomic E-state index is -1.15. The van der Waals surface area contributed by atoms with Crippen molar-refractivity contribution >= 4 is 17.7 Å². The van der Waals surface area contributed by atoms with Crippen LogP contribution in [0.25, 0.3) is 0 Å². The van der Waals surface area contributed by atoms with Crippen molar-refractivity contribution in [3.63, 3.8) is 0 Å². The van der Waals surface area contributed by atoms with E-state index in [-0.39, 0.29) is 16.9 Å². The van der Waals surface area contributed by atoms with Gasteiger partial charge in [-0.2, -0.15) is 0 Å². The van der Waals surface area contributed by atoms with Gasteiger partial charge in [-0.3, -0.25) is 9.59 Å². The summed E-state index contributed by atoms with van der Waals surface area (Å²) in [7, 11) is 4.48. The molecule has 7 heteroatoms. The lowest BCUT2D eigenvalue weighted by molar-refractivity contribution is -0.136. The van der Waals surface area contributed by atoms with Gasteiger partial charge in [0, 0.05) is 25.9 Å². The summed E-state index contributed by atoms with van der Waals surface area (Å²) in [6, 6.07) is 1.30. The van der Waals surface area contributed by atoms with Gasteiger partial charge < -0.3 is 19.2 Å². The van der Waals surface area contributed by atoms with Crippen LogP contribution in [0.4, 0.5) is 0 Å². The van der Waals surface area contributed by atoms with Gasteiger partial charge in [0.15, 0.2) is 5.76 Å². The van der Waals surface area contributed by atoms with Crippen LogP contribution in [-0.4, -0.2) is 48.9 Å². The maximum absolute atomic E-state index is 12.3. The average molecular weight is 281 g/mol. The fourth-order valence-corrected chi connectivity index (χ4v) is 1.56. The molecule has 20 heavy (non-hydrogen) atoms. The SMILES string of the molecule is COC(=O)c1ccoc1C(=O)/C(=C\N(C)C)CC(=O)O. The molecule has 0 aliphatic heterocycles. The number of nitrogens with zero attached hydrogens (tertiary/aromatic N) is 1. The summed E-state index contributed by atoms with van der Waals surface area (Å²) in [6.45, 7) is 0. The lowest BCUT2D eigenvalue weighted by Crippen LogP contribution is -2.15. The van der Waals surface area contributed by atoms with Crippen molar-refractivity contribution < 1.29 is 28.6 Å². The number of Topliss-reactive ketones (excluding diaryl/α,β-unsaturated/α-hetero) is 1. The Kier molecular flexibility index (Phi) is 5.08. The van der Waals surface area contributed by atoms with Crippen LogP contribution in [0.3, 0.4) is 0 Å². The van der Waals surface area contributed by atoms with Gasteiger partial charge in [0.05, 0.1) is 19.8 Å². The number of carboxylic acid groups (broad SMARTS) is 1. The fraction of sp³-hybridized carbons (Fsp3) is 0.308. The molecular weight excluding hydrogens is 266 g/mol. The summed E-state index contributed by atoms with van der Waals surface area (Å²) in [6.07, 6.45) is 2.08. The van der Waals surface area contributed by atoms with Crippen molar-refractivity contribution in [3.05, 3.63) is 35.4 Å². The van der Waals surface area contributed by atoms with Crippen LogP contribution in [0.1, 0.15) is 27.3 Å². The highest BCUT2D eigenvalue weighted by Crippen LogP contribution is 2.18. The molecule has 0 saturated heterocycles. The summed E-state index contributed by atoms with van der Waals surface area (Å²) in [5.41, 5.74) is -0.0323. The Morgan fingerprint density at radius 2 is 2.05 bits per heavy atom. The van der Waals surface area contributed by atoms with Gasteiger partial charge in [-0.05, 0) is 6.07 Å². The van der Waals surface area contributed by atoms with E-state index in [2.05, 4.69) is 4.74 Å². The van der Waals surface area contributed by atoms with E-state index in [1.165, 1.54) is 30.5 Å². The first-order chi connectivity index (χ1) is 9.36. The van der Waals surface area contributed by atoms with E-state index in [4.69, 9.17) is 9.52 Å². The van der Waals surface area contributed by atoms with E-state index in [0.29, 0.717) is 0 Å². The van der Waals surface area contributed by atoms with Crippen molar-refractivity contribution in [1.82, 2.24) is 4.90 Å². The van der Waals surface area contributed by atoms with Crippen LogP contribution in [0.5, 0.6) is 0 Å². The standard InChI is InChI=1S/C13H15NO6/c1-14(2)7-8(6-10(15)16)11(17)12-9(4-5-20-12)13(18)19-3/h4-5,7H,6H2,1-3H3,(H,15,16)/b8-7-. The minimum Gasteiger partial charge on any atom is -0.481 e. The molecule has 0 bridgehead atoms. The largest absolute Gasteiger partial charge is 0.481 e. The number of aliphatic carboxylic acids is 1. The number of hydrogen-bond acceptors (Lipinski definition) is 6. The van der Waals surface area contributed by atoms with Gasteiger partial charge in [0.2, 0.25) is 5.78 Å². The fourth-order valence-electron chi connectivity index (χ4n) is 1.56. The Balaban J connectivity index is 3.16. The monoisotopic (exact) mass is 281 g/mol. The first-order valence-corrected chi connectivity index (χ1v) is 5.66. The Hall–Kier alpha value is -2.57. The highest BCUT2D eigenvalue weighted by molar-refractivity contribution is 6.13. The number of furan rings is 1. The quantitative estimate of drug-likeness (QED) is 0.475. The number of methoxy groups -OCH3 is 1. The number of carbonyl (C=O) groups is 3. The normalized spacial score (nSPS) is 11.1. The molecule has 0 atom stereocenters. The van der Waals surface area contributed by atoms with Gasteiger partial charge in [0.1, 0.15) is 5.56 Å². The number of esters is 1. The summed E-state index contributed by atoms with van der Waals surface area (Å²) in [4.78, 5) is 36.1. The number of ketones is 1. The number of rotatable bonds is 6. The van der Waals surface area contributed by atoms with E-state index < -0.39 is 24.1 Å². The first kappa shape index (κ1) is 15.5. The van der Waals surface area contributed by atoms with Crippen molar-refractivity contribution in [2.75, 3.05) is 21.2 Å². The molecule has 7 nitrogen and oxygen atoms in total. The predicted octanol–water partition coefficient (Wildman–Crippen LogP) is 1.17. The second-order valence-corrected chi connectivity index (χ2v) is 4.17. The summed E-state index contributed by atoms with van der Waals surface area (Å²) in [5, 5.41) is 8.83. The molecule has 1 aromatic rings. The number of ether oxygens (including phenoxy) is 1. The molecule has 0 unspecified atom stereocenters. The Labute approximate surface area is 115 Å². The van der Waals surface area contributed by atoms with Crippen molar-refractivity contribution in [1.29, 1.82) is 0 Å². The third-order valence-electron chi connectivity index (χ3n) is 2.32. The van der Waals surface area contributed by atoms with Gasteiger partial charge in [-0.1, -0.05) is 0 Å². The van der Waals surface area contributed by atoms with E-state index in [1.807, 2.05) is 0 Å². The predicted molar refractivity (Wildman–Crippen MR) is 68.4 cm³/mol. The second-order valence-electron chi connectivity index (χ2n) is 4.17. The Morgan fingerprint density at radius 1 is 1.40 bits per heavy atom. The van der Waals surface area contributed by atoms with Crippen LogP contribution in [0.2, 0.25) is 0 Å². The van der Waals surface area contributed by atoms with E-state index in [9.17, 15) is 14.4 Å². The van der Waals surface area contributed by atoms with Crippen molar-refractivity contribution in [2.24, 2.45) is 0 Å². The number of carboxylic acids is 1. The van der Waals surface area contributed by atoms with Crippen molar-refractivity contribution in [2.45, 2.75) is 6.42 Å². The van der Waals surface area contributed by atoms with Crippen LogP contribution < -0.4 is 0 Å². The molecule has 0 fully saturated rings. The highest BCUT2D eigenvalue weighted by Gasteiger charge is 2.25. The van der Waals surface area contributed by atoms with Crippen LogP contribution in [-0.2, 0) is 9.53 Å². The lowest BCUT2D eigenvalue weighted by atomic mass is 10.0. The third-order valence-corrected chi connectivity index (χ3v) is 2.32. The zero-order valence-electron chi connectivity index (χ0n) is 11.4. The molecule has 1 rings (SSSR count). The van der Waals surface area contributed by atoms with Crippen LogP contribution in [0, 0.1) is 0 Å². The van der Waals surface area contributed by atoms with Crippen LogP contribution in [0.15, 0.2) is 28.5 Å². The van der Waals surface area contributed by atoms with E-state index >= 15 is 0 Å². The second kappa shape index (κ2) is 6.55. The van der Waals surface area contributed by atoms with E-state index in [1.54, 1.807) is 14.1 Å².